The van der Waals surface area contributed by atoms with Gasteiger partial charge in [0, 0.05) is 45.3 Å². The van der Waals surface area contributed by atoms with Crippen molar-refractivity contribution >= 4 is 6.03 Å². The normalized spacial score (nSPS) is 23.8. The van der Waals surface area contributed by atoms with Crippen molar-refractivity contribution in [3.05, 3.63) is 0 Å². The van der Waals surface area contributed by atoms with Crippen LogP contribution in [0.2, 0.25) is 0 Å². The Morgan fingerprint density at radius 2 is 1.50 bits per heavy atom. The van der Waals surface area contributed by atoms with E-state index in [4.69, 9.17) is 0 Å². The summed E-state index contributed by atoms with van der Waals surface area (Å²) in [6.45, 7) is 9.40. The first-order valence-electron chi connectivity index (χ1n) is 7.04. The SMILES string of the molecule is CC(C)N1CCN(C(=O)N2CCC(O)CC2)CC1. The van der Waals surface area contributed by atoms with Crippen LogP contribution in [0.15, 0.2) is 0 Å². The van der Waals surface area contributed by atoms with E-state index in [1.54, 1.807) is 0 Å². The molecule has 2 fully saturated rings. The van der Waals surface area contributed by atoms with Gasteiger partial charge in [-0.25, -0.2) is 4.79 Å². The second-order valence-corrected chi connectivity index (χ2v) is 5.62. The van der Waals surface area contributed by atoms with Crippen LogP contribution < -0.4 is 0 Å². The summed E-state index contributed by atoms with van der Waals surface area (Å²) in [5, 5.41) is 9.46. The van der Waals surface area contributed by atoms with Crippen LogP contribution in [0.4, 0.5) is 4.79 Å². The fourth-order valence-electron chi connectivity index (χ4n) is 2.69. The van der Waals surface area contributed by atoms with E-state index in [2.05, 4.69) is 18.7 Å². The lowest BCUT2D eigenvalue weighted by Gasteiger charge is -2.40. The van der Waals surface area contributed by atoms with Crippen molar-refractivity contribution in [1.82, 2.24) is 14.7 Å². The fourth-order valence-corrected chi connectivity index (χ4v) is 2.69. The van der Waals surface area contributed by atoms with Gasteiger partial charge in [-0.1, -0.05) is 0 Å². The van der Waals surface area contributed by atoms with Gasteiger partial charge >= 0.3 is 6.03 Å². The Balaban J connectivity index is 1.80. The molecule has 0 atom stereocenters. The first-order chi connectivity index (χ1) is 8.58. The van der Waals surface area contributed by atoms with E-state index in [-0.39, 0.29) is 12.1 Å². The molecule has 18 heavy (non-hydrogen) atoms. The average Bonchev–Trinajstić information content (AvgIpc) is 2.39. The summed E-state index contributed by atoms with van der Waals surface area (Å²) in [5.41, 5.74) is 0. The highest BCUT2D eigenvalue weighted by Crippen LogP contribution is 2.14. The number of rotatable bonds is 1. The smallest absolute Gasteiger partial charge is 0.320 e. The maximum Gasteiger partial charge on any atom is 0.320 e. The molecule has 0 aromatic rings. The third-order valence-corrected chi connectivity index (χ3v) is 4.05. The molecule has 5 nitrogen and oxygen atoms in total. The van der Waals surface area contributed by atoms with E-state index in [1.807, 2.05) is 9.80 Å². The van der Waals surface area contributed by atoms with Crippen LogP contribution in [0.3, 0.4) is 0 Å². The standard InChI is InChI=1S/C13H25N3O2/c1-11(2)14-7-9-16(10-8-14)13(18)15-5-3-12(17)4-6-15/h11-12,17H,3-10H2,1-2H3. The summed E-state index contributed by atoms with van der Waals surface area (Å²) in [4.78, 5) is 18.5. The molecule has 2 aliphatic rings. The number of urea groups is 1. The molecule has 104 valence electrons. The van der Waals surface area contributed by atoms with Crippen molar-refractivity contribution in [1.29, 1.82) is 0 Å². The maximum absolute atomic E-state index is 12.3. The summed E-state index contributed by atoms with van der Waals surface area (Å²) in [7, 11) is 0. The number of hydrogen-bond acceptors (Lipinski definition) is 3. The first-order valence-corrected chi connectivity index (χ1v) is 7.04. The Labute approximate surface area is 109 Å². The topological polar surface area (TPSA) is 47.0 Å². The van der Waals surface area contributed by atoms with E-state index < -0.39 is 0 Å². The molecule has 5 heteroatoms. The number of aliphatic hydroxyl groups is 1. The molecule has 1 N–H and O–H groups in total. The van der Waals surface area contributed by atoms with Crippen molar-refractivity contribution in [2.45, 2.75) is 38.8 Å². The van der Waals surface area contributed by atoms with Crippen LogP contribution >= 0.6 is 0 Å². The fraction of sp³-hybridized carbons (Fsp3) is 0.923. The third kappa shape index (κ3) is 3.14. The molecular formula is C13H25N3O2. The quantitative estimate of drug-likeness (QED) is 0.746. The van der Waals surface area contributed by atoms with Gasteiger partial charge in [0.1, 0.15) is 0 Å². The number of nitrogens with zero attached hydrogens (tertiary/aromatic N) is 3. The zero-order valence-corrected chi connectivity index (χ0v) is 11.5. The maximum atomic E-state index is 12.3. The summed E-state index contributed by atoms with van der Waals surface area (Å²) in [5.74, 6) is 0. The average molecular weight is 255 g/mol. The molecule has 0 radical (unpaired) electrons. The Bertz CT molecular complexity index is 280. The van der Waals surface area contributed by atoms with Crippen molar-refractivity contribution < 1.29 is 9.90 Å². The Kier molecular flexibility index (Phi) is 4.45. The van der Waals surface area contributed by atoms with Gasteiger partial charge in [-0.05, 0) is 26.7 Å². The lowest BCUT2D eigenvalue weighted by atomic mass is 10.1. The van der Waals surface area contributed by atoms with Crippen LogP contribution in [0.5, 0.6) is 0 Å². The molecule has 2 rings (SSSR count). The minimum absolute atomic E-state index is 0.158. The van der Waals surface area contributed by atoms with Gasteiger partial charge < -0.3 is 14.9 Å². The van der Waals surface area contributed by atoms with Crippen LogP contribution in [0.1, 0.15) is 26.7 Å². The molecular weight excluding hydrogens is 230 g/mol. The van der Waals surface area contributed by atoms with Crippen molar-refractivity contribution in [3.8, 4) is 0 Å². The zero-order chi connectivity index (χ0) is 13.1. The van der Waals surface area contributed by atoms with Crippen LogP contribution in [0, 0.1) is 0 Å². The monoisotopic (exact) mass is 255 g/mol. The molecule has 0 unspecified atom stereocenters. The second kappa shape index (κ2) is 5.89. The number of piperidine rings is 1. The minimum atomic E-state index is -0.216. The van der Waals surface area contributed by atoms with Gasteiger partial charge in [-0.2, -0.15) is 0 Å². The number of hydrogen-bond donors (Lipinski definition) is 1. The molecule has 0 aliphatic carbocycles. The Hall–Kier alpha value is -0.810. The van der Waals surface area contributed by atoms with Gasteiger partial charge in [0.25, 0.3) is 0 Å². The highest BCUT2D eigenvalue weighted by atomic mass is 16.3. The predicted octanol–water partition coefficient (Wildman–Crippen LogP) is 0.589. The number of likely N-dealkylation sites (tertiary alicyclic amines) is 1. The van der Waals surface area contributed by atoms with E-state index in [9.17, 15) is 9.90 Å². The molecule has 2 aliphatic heterocycles. The molecule has 2 amide bonds. The first kappa shape index (κ1) is 13.6. The molecule has 2 heterocycles. The third-order valence-electron chi connectivity index (χ3n) is 4.05. The lowest BCUT2D eigenvalue weighted by molar-refractivity contribution is 0.0667. The summed E-state index contributed by atoms with van der Waals surface area (Å²) in [6.07, 6.45) is 1.22. The summed E-state index contributed by atoms with van der Waals surface area (Å²) < 4.78 is 0. The summed E-state index contributed by atoms with van der Waals surface area (Å²) >= 11 is 0. The van der Waals surface area contributed by atoms with Gasteiger partial charge in [0.05, 0.1) is 6.10 Å². The van der Waals surface area contributed by atoms with Gasteiger partial charge in [0.2, 0.25) is 0 Å². The largest absolute Gasteiger partial charge is 0.393 e. The van der Waals surface area contributed by atoms with Crippen molar-refractivity contribution in [2.75, 3.05) is 39.3 Å². The molecule has 0 saturated carbocycles. The van der Waals surface area contributed by atoms with Crippen LogP contribution in [-0.4, -0.2) is 77.3 Å². The highest BCUT2D eigenvalue weighted by Gasteiger charge is 2.28. The van der Waals surface area contributed by atoms with Crippen molar-refractivity contribution in [2.24, 2.45) is 0 Å². The number of amides is 2. The number of piperazine rings is 1. The lowest BCUT2D eigenvalue weighted by Crippen LogP contribution is -2.55. The van der Waals surface area contributed by atoms with Gasteiger partial charge in [0.15, 0.2) is 0 Å². The van der Waals surface area contributed by atoms with E-state index in [0.29, 0.717) is 19.1 Å². The molecule has 0 bridgehead atoms. The zero-order valence-electron chi connectivity index (χ0n) is 11.5. The minimum Gasteiger partial charge on any atom is -0.393 e. The second-order valence-electron chi connectivity index (χ2n) is 5.62. The molecule has 2 saturated heterocycles. The number of carbonyl (C=O) groups excluding carboxylic acids is 1. The van der Waals surface area contributed by atoms with E-state index in [1.165, 1.54) is 0 Å². The van der Waals surface area contributed by atoms with Crippen LogP contribution in [0.25, 0.3) is 0 Å². The Morgan fingerprint density at radius 3 is 2.00 bits per heavy atom. The number of carbonyl (C=O) groups is 1. The van der Waals surface area contributed by atoms with Crippen molar-refractivity contribution in [3.63, 3.8) is 0 Å². The Morgan fingerprint density at radius 1 is 1.00 bits per heavy atom. The van der Waals surface area contributed by atoms with E-state index in [0.717, 1.165) is 39.0 Å². The highest BCUT2D eigenvalue weighted by molar-refractivity contribution is 5.74. The van der Waals surface area contributed by atoms with Gasteiger partial charge in [-0.15, -0.1) is 0 Å². The van der Waals surface area contributed by atoms with Crippen LogP contribution in [-0.2, 0) is 0 Å². The molecule has 0 spiro atoms. The number of aliphatic hydroxyl groups excluding tert-OH is 1. The molecule has 0 aromatic heterocycles. The predicted molar refractivity (Wildman–Crippen MR) is 70.5 cm³/mol. The molecule has 0 aromatic carbocycles. The summed E-state index contributed by atoms with van der Waals surface area (Å²) in [6, 6.07) is 0.720. The van der Waals surface area contributed by atoms with E-state index >= 15 is 0 Å². The van der Waals surface area contributed by atoms with Gasteiger partial charge in [-0.3, -0.25) is 4.90 Å².